The van der Waals surface area contributed by atoms with E-state index in [0.717, 1.165) is 37.6 Å². The van der Waals surface area contributed by atoms with Gasteiger partial charge < -0.3 is 9.32 Å². The van der Waals surface area contributed by atoms with Crippen LogP contribution < -0.4 is 0 Å². The van der Waals surface area contributed by atoms with Crippen LogP contribution in [0.15, 0.2) is 71.4 Å². The van der Waals surface area contributed by atoms with E-state index in [1.807, 2.05) is 6.26 Å². The molecule has 0 spiro atoms. The molecular weight excluding hydrogens is 342 g/mol. The summed E-state index contributed by atoms with van der Waals surface area (Å²) in [6.45, 7) is 2.14. The summed E-state index contributed by atoms with van der Waals surface area (Å²) in [6, 6.07) is 19.8. The number of fused-ring (bicyclic) bond motifs is 1. The van der Waals surface area contributed by atoms with Crippen LogP contribution in [0, 0.1) is 5.92 Å². The van der Waals surface area contributed by atoms with Gasteiger partial charge in [0, 0.05) is 24.2 Å². The Morgan fingerprint density at radius 2 is 1.79 bits per heavy atom. The summed E-state index contributed by atoms with van der Waals surface area (Å²) in [5.74, 6) is 2.56. The van der Waals surface area contributed by atoms with Crippen LogP contribution in [0.25, 0.3) is 17.2 Å². The number of hydrogen-bond donors (Lipinski definition) is 0. The van der Waals surface area contributed by atoms with Crippen LogP contribution in [-0.2, 0) is 13.0 Å². The summed E-state index contributed by atoms with van der Waals surface area (Å²) in [4.78, 5) is 2.46. The standard InChI is InChI=1S/C26H27NO/c1-27(17-23-18-28-26-10-6-5-9-24(23)26)16-22-15-25(22)21-13-11-20(12-14-21)19-7-3-2-4-8-19/h2-4,6-8,10-14,18,22,25H,5,9,15-17H2,1H3/t22-,25-/m0/s1. The molecule has 1 aromatic heterocycles. The summed E-state index contributed by atoms with van der Waals surface area (Å²) < 4.78 is 5.73. The first-order chi connectivity index (χ1) is 13.8. The van der Waals surface area contributed by atoms with Crippen molar-refractivity contribution in [3.8, 4) is 11.1 Å². The summed E-state index contributed by atoms with van der Waals surface area (Å²) in [7, 11) is 2.24. The van der Waals surface area contributed by atoms with E-state index < -0.39 is 0 Å². The molecule has 3 aromatic rings. The second kappa shape index (κ2) is 7.44. The highest BCUT2D eigenvalue weighted by Gasteiger charge is 2.38. The van der Waals surface area contributed by atoms with Gasteiger partial charge in [-0.25, -0.2) is 0 Å². The molecule has 2 nitrogen and oxygen atoms in total. The molecule has 1 fully saturated rings. The van der Waals surface area contributed by atoms with Crippen molar-refractivity contribution in [2.75, 3.05) is 13.6 Å². The van der Waals surface area contributed by atoms with E-state index in [-0.39, 0.29) is 0 Å². The summed E-state index contributed by atoms with van der Waals surface area (Å²) in [5, 5.41) is 0. The van der Waals surface area contributed by atoms with E-state index in [1.165, 1.54) is 34.2 Å². The van der Waals surface area contributed by atoms with E-state index in [4.69, 9.17) is 4.42 Å². The first-order valence-electron chi connectivity index (χ1n) is 10.4. The van der Waals surface area contributed by atoms with Crippen molar-refractivity contribution in [3.05, 3.63) is 89.4 Å². The van der Waals surface area contributed by atoms with Gasteiger partial charge in [-0.05, 0) is 60.9 Å². The highest BCUT2D eigenvalue weighted by molar-refractivity contribution is 5.63. The van der Waals surface area contributed by atoms with E-state index in [0.29, 0.717) is 5.92 Å². The van der Waals surface area contributed by atoms with Crippen molar-refractivity contribution >= 4 is 6.08 Å². The molecule has 5 rings (SSSR count). The quantitative estimate of drug-likeness (QED) is 0.519. The lowest BCUT2D eigenvalue weighted by molar-refractivity contribution is 0.309. The second-order valence-electron chi connectivity index (χ2n) is 8.33. The highest BCUT2D eigenvalue weighted by Crippen LogP contribution is 2.48. The number of hydrogen-bond acceptors (Lipinski definition) is 2. The zero-order chi connectivity index (χ0) is 18.9. The van der Waals surface area contributed by atoms with Gasteiger partial charge in [-0.15, -0.1) is 0 Å². The molecule has 0 N–H and O–H groups in total. The van der Waals surface area contributed by atoms with E-state index >= 15 is 0 Å². The maximum absolute atomic E-state index is 5.73. The molecule has 0 amide bonds. The minimum Gasteiger partial charge on any atom is -0.464 e. The number of rotatable bonds is 6. The van der Waals surface area contributed by atoms with Gasteiger partial charge in [-0.1, -0.05) is 60.7 Å². The molecule has 0 radical (unpaired) electrons. The summed E-state index contributed by atoms with van der Waals surface area (Å²) in [5.41, 5.74) is 6.87. The van der Waals surface area contributed by atoms with Crippen molar-refractivity contribution in [3.63, 3.8) is 0 Å². The normalized spacial score (nSPS) is 20.4. The van der Waals surface area contributed by atoms with Crippen LogP contribution in [-0.4, -0.2) is 18.5 Å². The first-order valence-corrected chi connectivity index (χ1v) is 10.4. The maximum Gasteiger partial charge on any atom is 0.129 e. The van der Waals surface area contributed by atoms with Crippen LogP contribution in [0.2, 0.25) is 0 Å². The van der Waals surface area contributed by atoms with E-state index in [2.05, 4.69) is 78.7 Å². The fourth-order valence-corrected chi connectivity index (χ4v) is 4.58. The molecule has 2 heteroatoms. The van der Waals surface area contributed by atoms with Gasteiger partial charge in [0.15, 0.2) is 0 Å². The summed E-state index contributed by atoms with van der Waals surface area (Å²) >= 11 is 0. The number of furan rings is 1. The molecule has 0 bridgehead atoms. The lowest BCUT2D eigenvalue weighted by atomic mass is 10.0. The largest absolute Gasteiger partial charge is 0.464 e. The first kappa shape index (κ1) is 17.5. The zero-order valence-electron chi connectivity index (χ0n) is 16.5. The predicted octanol–water partition coefficient (Wildman–Crippen LogP) is 6.14. The molecule has 142 valence electrons. The Morgan fingerprint density at radius 3 is 2.61 bits per heavy atom. The average Bonchev–Trinajstić information content (AvgIpc) is 3.39. The molecule has 0 aliphatic heterocycles. The van der Waals surface area contributed by atoms with Gasteiger partial charge in [0.05, 0.1) is 6.26 Å². The monoisotopic (exact) mass is 369 g/mol. The van der Waals surface area contributed by atoms with Crippen molar-refractivity contribution in [2.45, 2.75) is 31.7 Å². The zero-order valence-corrected chi connectivity index (χ0v) is 16.5. The van der Waals surface area contributed by atoms with Gasteiger partial charge in [-0.2, -0.15) is 0 Å². The van der Waals surface area contributed by atoms with Crippen LogP contribution in [0.3, 0.4) is 0 Å². The van der Waals surface area contributed by atoms with Crippen LogP contribution in [0.1, 0.15) is 41.2 Å². The molecule has 0 unspecified atom stereocenters. The molecule has 2 atom stereocenters. The van der Waals surface area contributed by atoms with E-state index in [1.54, 1.807) is 0 Å². The van der Waals surface area contributed by atoms with Crippen molar-refractivity contribution in [1.29, 1.82) is 0 Å². The van der Waals surface area contributed by atoms with Crippen molar-refractivity contribution in [1.82, 2.24) is 4.90 Å². The Bertz CT molecular complexity index is 967. The SMILES string of the molecule is CN(Cc1coc2c1CCC=C2)C[C@@H]1C[C@H]1c1ccc(-c2ccccc2)cc1. The van der Waals surface area contributed by atoms with Gasteiger partial charge in [0.1, 0.15) is 5.76 Å². The van der Waals surface area contributed by atoms with Crippen LogP contribution in [0.4, 0.5) is 0 Å². The number of allylic oxidation sites excluding steroid dienone is 1. The third kappa shape index (κ3) is 3.57. The predicted molar refractivity (Wildman–Crippen MR) is 115 cm³/mol. The third-order valence-corrected chi connectivity index (χ3v) is 6.20. The van der Waals surface area contributed by atoms with Crippen molar-refractivity contribution < 1.29 is 4.42 Å². The molecule has 1 heterocycles. The smallest absolute Gasteiger partial charge is 0.129 e. The summed E-state index contributed by atoms with van der Waals surface area (Å²) in [6.07, 6.45) is 9.85. The fraction of sp³-hybridized carbons (Fsp3) is 0.308. The molecule has 1 saturated carbocycles. The van der Waals surface area contributed by atoms with Gasteiger partial charge >= 0.3 is 0 Å². The Morgan fingerprint density at radius 1 is 1.00 bits per heavy atom. The topological polar surface area (TPSA) is 16.4 Å². The Balaban J connectivity index is 1.18. The third-order valence-electron chi connectivity index (χ3n) is 6.20. The lowest BCUT2D eigenvalue weighted by Crippen LogP contribution is -2.21. The van der Waals surface area contributed by atoms with Crippen molar-refractivity contribution in [2.24, 2.45) is 5.92 Å². The highest BCUT2D eigenvalue weighted by atomic mass is 16.3. The van der Waals surface area contributed by atoms with Crippen LogP contribution in [0.5, 0.6) is 0 Å². The number of nitrogens with zero attached hydrogens (tertiary/aromatic N) is 1. The molecule has 2 aromatic carbocycles. The van der Waals surface area contributed by atoms with Gasteiger partial charge in [0.2, 0.25) is 0 Å². The van der Waals surface area contributed by atoms with Gasteiger partial charge in [-0.3, -0.25) is 0 Å². The van der Waals surface area contributed by atoms with E-state index in [9.17, 15) is 0 Å². The molecular formula is C26H27NO. The minimum atomic E-state index is 0.716. The molecule has 28 heavy (non-hydrogen) atoms. The van der Waals surface area contributed by atoms with Gasteiger partial charge in [0.25, 0.3) is 0 Å². The Labute approximate surface area is 167 Å². The maximum atomic E-state index is 5.73. The molecule has 0 saturated heterocycles. The fourth-order valence-electron chi connectivity index (χ4n) is 4.58. The van der Waals surface area contributed by atoms with Crippen LogP contribution >= 0.6 is 0 Å². The second-order valence-corrected chi connectivity index (χ2v) is 8.33. The molecule has 2 aliphatic carbocycles. The molecule has 2 aliphatic rings. The lowest BCUT2D eigenvalue weighted by Gasteiger charge is -2.17. The number of benzene rings is 2. The minimum absolute atomic E-state index is 0.716. The average molecular weight is 370 g/mol. The Hall–Kier alpha value is -2.58. The Kier molecular flexibility index (Phi) is 4.66.